The average molecular weight is 490 g/mol. The second-order valence-corrected chi connectivity index (χ2v) is 6.62. The van der Waals surface area contributed by atoms with Gasteiger partial charge in [-0.2, -0.15) is 0 Å². The molecule has 0 radical (unpaired) electrons. The second kappa shape index (κ2) is 22.4. The van der Waals surface area contributed by atoms with Gasteiger partial charge in [0.1, 0.15) is 0 Å². The van der Waals surface area contributed by atoms with Gasteiger partial charge in [-0.25, -0.2) is 0 Å². The zero-order valence-electron chi connectivity index (χ0n) is 16.7. The minimum atomic E-state index is -0.280. The first-order chi connectivity index (χ1) is 14.0. The molecule has 0 unspecified atom stereocenters. The summed E-state index contributed by atoms with van der Waals surface area (Å²) in [5.74, 6) is -0.457. The van der Waals surface area contributed by atoms with E-state index in [0.29, 0.717) is 25.1 Å². The van der Waals surface area contributed by atoms with Crippen LogP contribution in [0.25, 0.3) is 0 Å². The third-order valence-corrected chi connectivity index (χ3v) is 4.32. The summed E-state index contributed by atoms with van der Waals surface area (Å²) in [6.45, 7) is 5.92. The van der Waals surface area contributed by atoms with Crippen molar-refractivity contribution < 1.29 is 14.4 Å². The number of aryl methyl sites for hydroxylation is 1. The molecule has 0 saturated carbocycles. The highest BCUT2D eigenvalue weighted by Crippen LogP contribution is 2.11. The number of hydrogen-bond donors (Lipinski definition) is 3. The molecule has 0 bridgehead atoms. The van der Waals surface area contributed by atoms with Gasteiger partial charge in [-0.1, -0.05) is 82.3 Å². The fraction of sp³-hybridized carbons (Fsp3) is 0.414. The largest absolute Gasteiger partial charge is 0.356 e. The molecule has 2 aromatic carbocycles. The highest BCUT2D eigenvalue weighted by atomic mass is 16.2. The minimum Gasteiger partial charge on any atom is -0.356 e. The third kappa shape index (κ3) is 16.0. The maximum absolute atomic E-state index is 12.0. The highest BCUT2D eigenvalue weighted by molar-refractivity contribution is 5.98. The fourth-order valence-corrected chi connectivity index (χ4v) is 2.67. The van der Waals surface area contributed by atoms with Crippen LogP contribution in [0.3, 0.4) is 0 Å². The highest BCUT2D eigenvalue weighted by Gasteiger charge is 2.06. The van der Waals surface area contributed by atoms with Crippen molar-refractivity contribution in [1.29, 1.82) is 0 Å². The van der Waals surface area contributed by atoms with Crippen LogP contribution >= 0.6 is 0 Å². The summed E-state index contributed by atoms with van der Waals surface area (Å²) in [5, 5.41) is 8.33. The van der Waals surface area contributed by atoms with Gasteiger partial charge in [0.05, 0.1) is 6.42 Å². The molecule has 0 aliphatic carbocycles. The van der Waals surface area contributed by atoms with Crippen molar-refractivity contribution in [2.45, 2.75) is 77.2 Å². The molecule has 0 fully saturated rings. The minimum absolute atomic E-state index is 0. The SMILES string of the molecule is C.C.C.C.C.C.C=CC(=O)Nc1ccc(CC(=O)NCCCC(=O)Nc2ccc(CC)cc2)cc1. The zero-order chi connectivity index (χ0) is 21.1. The summed E-state index contributed by atoms with van der Waals surface area (Å²) in [7, 11) is 0. The van der Waals surface area contributed by atoms with Crippen molar-refractivity contribution in [2.75, 3.05) is 17.2 Å². The zero-order valence-corrected chi connectivity index (χ0v) is 16.7. The lowest BCUT2D eigenvalue weighted by atomic mass is 10.1. The first kappa shape index (κ1) is 41.8. The molecule has 6 heteroatoms. The van der Waals surface area contributed by atoms with Crippen LogP contribution in [0.1, 0.15) is 75.5 Å². The molecule has 0 heterocycles. The van der Waals surface area contributed by atoms with E-state index >= 15 is 0 Å². The van der Waals surface area contributed by atoms with Gasteiger partial charge in [0.15, 0.2) is 0 Å². The lowest BCUT2D eigenvalue weighted by Gasteiger charge is -2.08. The van der Waals surface area contributed by atoms with Crippen LogP contribution in [0.2, 0.25) is 0 Å². The van der Waals surface area contributed by atoms with Gasteiger partial charge < -0.3 is 16.0 Å². The van der Waals surface area contributed by atoms with Gasteiger partial charge in [-0.15, -0.1) is 0 Å². The Labute approximate surface area is 215 Å². The van der Waals surface area contributed by atoms with E-state index in [0.717, 1.165) is 17.7 Å². The van der Waals surface area contributed by atoms with Crippen LogP contribution in [0, 0.1) is 0 Å². The lowest BCUT2D eigenvalue weighted by Crippen LogP contribution is -2.27. The Morgan fingerprint density at radius 1 is 0.743 bits per heavy atom. The number of benzene rings is 2. The second-order valence-electron chi connectivity index (χ2n) is 6.62. The maximum atomic E-state index is 12.0. The van der Waals surface area contributed by atoms with E-state index in [-0.39, 0.29) is 68.7 Å². The Morgan fingerprint density at radius 3 is 1.71 bits per heavy atom. The Balaban J connectivity index is -0.000000500. The monoisotopic (exact) mass is 489 g/mol. The normalized spacial score (nSPS) is 8.37. The van der Waals surface area contributed by atoms with Gasteiger partial charge >= 0.3 is 0 Å². The molecular weight excluding hydrogens is 438 g/mol. The van der Waals surface area contributed by atoms with Gasteiger partial charge in [-0.05, 0) is 54.3 Å². The van der Waals surface area contributed by atoms with E-state index in [4.69, 9.17) is 0 Å². The van der Waals surface area contributed by atoms with E-state index in [9.17, 15) is 14.4 Å². The molecule has 200 valence electrons. The molecule has 3 amide bonds. The van der Waals surface area contributed by atoms with E-state index in [1.807, 2.05) is 24.3 Å². The van der Waals surface area contributed by atoms with Crippen LogP contribution in [0.4, 0.5) is 11.4 Å². The van der Waals surface area contributed by atoms with E-state index < -0.39 is 0 Å². The molecule has 0 aliphatic heterocycles. The van der Waals surface area contributed by atoms with Crippen LogP contribution in [0.5, 0.6) is 0 Å². The third-order valence-electron chi connectivity index (χ3n) is 4.32. The molecule has 0 spiro atoms. The molecule has 6 nitrogen and oxygen atoms in total. The maximum Gasteiger partial charge on any atom is 0.247 e. The van der Waals surface area contributed by atoms with Gasteiger partial charge in [-0.3, -0.25) is 14.4 Å². The number of nitrogens with one attached hydrogen (secondary N) is 3. The number of amides is 3. The summed E-state index contributed by atoms with van der Waals surface area (Å²) < 4.78 is 0. The van der Waals surface area contributed by atoms with Crippen LogP contribution in [-0.2, 0) is 27.2 Å². The Morgan fingerprint density at radius 2 is 1.23 bits per heavy atom. The fourth-order valence-electron chi connectivity index (χ4n) is 2.67. The van der Waals surface area contributed by atoms with Crippen LogP contribution in [0.15, 0.2) is 61.2 Å². The van der Waals surface area contributed by atoms with Crippen molar-refractivity contribution >= 4 is 29.1 Å². The molecular formula is C29H51N3O3. The predicted octanol–water partition coefficient (Wildman–Crippen LogP) is 7.27. The summed E-state index contributed by atoms with van der Waals surface area (Å²) in [6.07, 6.45) is 3.31. The van der Waals surface area contributed by atoms with Crippen molar-refractivity contribution in [2.24, 2.45) is 0 Å². The molecule has 2 aromatic rings. The molecule has 0 saturated heterocycles. The number of carbonyl (C=O) groups excluding carboxylic acids is 3. The lowest BCUT2D eigenvalue weighted by molar-refractivity contribution is -0.121. The Kier molecular flexibility index (Phi) is 26.7. The summed E-state index contributed by atoms with van der Waals surface area (Å²) in [6, 6.07) is 14.8. The van der Waals surface area contributed by atoms with Gasteiger partial charge in [0.2, 0.25) is 17.7 Å². The summed E-state index contributed by atoms with van der Waals surface area (Å²) in [4.78, 5) is 35.2. The quantitative estimate of drug-likeness (QED) is 0.242. The number of carbonyl (C=O) groups is 3. The van der Waals surface area contributed by atoms with E-state index in [1.54, 1.807) is 24.3 Å². The smallest absolute Gasteiger partial charge is 0.247 e. The van der Waals surface area contributed by atoms with Crippen molar-refractivity contribution in [1.82, 2.24) is 5.32 Å². The molecule has 2 rings (SSSR count). The Hall–Kier alpha value is -3.41. The average Bonchev–Trinajstić information content (AvgIpc) is 2.73. The molecule has 35 heavy (non-hydrogen) atoms. The van der Waals surface area contributed by atoms with Crippen LogP contribution in [-0.4, -0.2) is 24.3 Å². The van der Waals surface area contributed by atoms with Gasteiger partial charge in [0, 0.05) is 24.3 Å². The van der Waals surface area contributed by atoms with Gasteiger partial charge in [0.25, 0.3) is 0 Å². The Bertz CT molecular complexity index is 844. The van der Waals surface area contributed by atoms with Crippen molar-refractivity contribution in [3.63, 3.8) is 0 Å². The van der Waals surface area contributed by atoms with Crippen LogP contribution < -0.4 is 16.0 Å². The van der Waals surface area contributed by atoms with Crippen molar-refractivity contribution in [3.8, 4) is 0 Å². The van der Waals surface area contributed by atoms with E-state index in [2.05, 4.69) is 29.5 Å². The molecule has 0 atom stereocenters. The standard InChI is InChI=1S/C23H27N3O3.6CH4/c1-3-17-7-11-20(12-8-17)26-22(28)6-5-15-24-23(29)16-18-9-13-19(14-10-18)25-21(27)4-2;;;;;;/h4,7-14H,2-3,5-6,15-16H2,1H3,(H,24,29)(H,25,27)(H,26,28);6*1H4. The van der Waals surface area contributed by atoms with Crippen molar-refractivity contribution in [3.05, 3.63) is 72.3 Å². The first-order valence-electron chi connectivity index (χ1n) is 9.68. The number of anilines is 2. The first-order valence-corrected chi connectivity index (χ1v) is 9.68. The van der Waals surface area contributed by atoms with E-state index in [1.165, 1.54) is 11.6 Å². The summed E-state index contributed by atoms with van der Waals surface area (Å²) >= 11 is 0. The molecule has 3 N–H and O–H groups in total. The topological polar surface area (TPSA) is 87.3 Å². The molecule has 0 aliphatic rings. The molecule has 0 aromatic heterocycles. The predicted molar refractivity (Wildman–Crippen MR) is 156 cm³/mol. The summed E-state index contributed by atoms with van der Waals surface area (Å²) in [5.41, 5.74) is 3.49. The number of rotatable bonds is 10. The number of hydrogen-bond acceptors (Lipinski definition) is 3.